The van der Waals surface area contributed by atoms with Gasteiger partial charge in [0.2, 0.25) is 0 Å². The van der Waals surface area contributed by atoms with Crippen molar-refractivity contribution < 1.29 is 10.0 Å². The summed E-state index contributed by atoms with van der Waals surface area (Å²) in [6, 6.07) is 5.60. The first kappa shape index (κ1) is 14.0. The van der Waals surface area contributed by atoms with Gasteiger partial charge in [-0.25, -0.2) is 0 Å². The van der Waals surface area contributed by atoms with Gasteiger partial charge in [-0.3, -0.25) is 4.79 Å². The van der Waals surface area contributed by atoms with E-state index in [0.717, 1.165) is 27.0 Å². The molecule has 0 unspecified atom stereocenters. The van der Waals surface area contributed by atoms with Crippen LogP contribution in [-0.4, -0.2) is 16.8 Å². The second kappa shape index (κ2) is 5.24. The first-order valence-corrected chi connectivity index (χ1v) is 7.90. The summed E-state index contributed by atoms with van der Waals surface area (Å²) in [6.07, 6.45) is 8.41. The van der Waals surface area contributed by atoms with Crippen LogP contribution in [0.2, 0.25) is 0 Å². The van der Waals surface area contributed by atoms with Crippen molar-refractivity contribution in [1.29, 1.82) is 0 Å². The summed E-state index contributed by atoms with van der Waals surface area (Å²) in [4.78, 5) is 12.5. The van der Waals surface area contributed by atoms with Crippen LogP contribution in [0.25, 0.3) is 5.57 Å². The molecule has 3 aliphatic rings. The smallest absolute Gasteiger partial charge is 0.258 e. The molecule has 1 amide bonds. The van der Waals surface area contributed by atoms with E-state index in [2.05, 4.69) is 31.7 Å². The van der Waals surface area contributed by atoms with Crippen molar-refractivity contribution in [2.75, 3.05) is 5.32 Å². The second-order valence-electron chi connectivity index (χ2n) is 5.35. The molecule has 0 saturated carbocycles. The maximum atomic E-state index is 12.5. The Balaban J connectivity index is 1.89. The zero-order valence-corrected chi connectivity index (χ0v) is 13.5. The number of benzene rings is 1. The van der Waals surface area contributed by atoms with Gasteiger partial charge in [0.15, 0.2) is 0 Å². The van der Waals surface area contributed by atoms with Crippen LogP contribution in [0.1, 0.15) is 12.0 Å². The van der Waals surface area contributed by atoms with E-state index in [-0.39, 0.29) is 5.91 Å². The van der Waals surface area contributed by atoms with Crippen molar-refractivity contribution >= 4 is 38.8 Å². The largest absolute Gasteiger partial charge is 0.410 e. The van der Waals surface area contributed by atoms with E-state index in [1.807, 2.05) is 42.5 Å². The van der Waals surface area contributed by atoms with Crippen molar-refractivity contribution in [2.24, 2.45) is 5.16 Å². The van der Waals surface area contributed by atoms with Crippen LogP contribution in [0.5, 0.6) is 0 Å². The van der Waals surface area contributed by atoms with E-state index in [0.29, 0.717) is 23.4 Å². The number of hydrogen-bond acceptors (Lipinski definition) is 4. The highest BCUT2D eigenvalue weighted by Crippen LogP contribution is 2.38. The highest BCUT2D eigenvalue weighted by atomic mass is 79.9. The van der Waals surface area contributed by atoms with E-state index in [4.69, 9.17) is 0 Å². The zero-order chi connectivity index (χ0) is 16.0. The third-order valence-electron chi connectivity index (χ3n) is 4.00. The molecule has 0 atom stereocenters. The summed E-state index contributed by atoms with van der Waals surface area (Å²) < 4.78 is 0.889. The average Bonchev–Trinajstić information content (AvgIpc) is 2.93. The standard InChI is InChI=1S/C17H12BrN3O2/c18-9-6-7-10-13(8-9)20-17(22)14(10)16-15(21-23)11-4-2-1-3-5-12(11)19-16/h1-4,6-8,19,23H,5H2,(H,20,22)/b16-14-,21-15-. The number of halogens is 1. The lowest BCUT2D eigenvalue weighted by Crippen LogP contribution is -2.17. The third kappa shape index (κ3) is 2.14. The number of fused-ring (bicyclic) bond motifs is 1. The number of carbonyl (C=O) groups excluding carboxylic acids is 1. The first-order chi connectivity index (χ1) is 11.2. The van der Waals surface area contributed by atoms with E-state index in [9.17, 15) is 10.0 Å². The zero-order valence-electron chi connectivity index (χ0n) is 11.9. The number of carbonyl (C=O) groups is 1. The van der Waals surface area contributed by atoms with Gasteiger partial charge in [0.25, 0.3) is 5.91 Å². The molecule has 0 spiro atoms. The summed E-state index contributed by atoms with van der Waals surface area (Å²) in [5.74, 6) is -0.209. The number of anilines is 1. The first-order valence-electron chi connectivity index (χ1n) is 7.11. The summed E-state index contributed by atoms with van der Waals surface area (Å²) in [5.41, 5.74) is 4.67. The number of rotatable bonds is 0. The lowest BCUT2D eigenvalue weighted by Gasteiger charge is -2.07. The Labute approximate surface area is 140 Å². The predicted octanol–water partition coefficient (Wildman–Crippen LogP) is 3.32. The number of allylic oxidation sites excluding steroid dienone is 5. The molecule has 23 heavy (non-hydrogen) atoms. The number of nitrogens with one attached hydrogen (secondary N) is 2. The Morgan fingerprint density at radius 1 is 1.22 bits per heavy atom. The van der Waals surface area contributed by atoms with Gasteiger partial charge in [-0.05, 0) is 12.1 Å². The molecule has 0 bridgehead atoms. The number of nitrogens with zero attached hydrogens (tertiary/aromatic N) is 1. The SMILES string of the molecule is O=C1Nc2cc(Br)ccc2/C1=C1/NC2=C(C=CC=CC2)/C1=N/O. The molecular weight excluding hydrogens is 358 g/mol. The van der Waals surface area contributed by atoms with Crippen molar-refractivity contribution in [3.8, 4) is 0 Å². The monoisotopic (exact) mass is 369 g/mol. The maximum Gasteiger partial charge on any atom is 0.258 e. The Kier molecular flexibility index (Phi) is 3.20. The lowest BCUT2D eigenvalue weighted by atomic mass is 10.0. The molecule has 114 valence electrons. The molecule has 2 aliphatic heterocycles. The van der Waals surface area contributed by atoms with Crippen LogP contribution in [0.15, 0.2) is 69.1 Å². The Morgan fingerprint density at radius 2 is 2.09 bits per heavy atom. The molecular formula is C17H12BrN3O2. The van der Waals surface area contributed by atoms with Gasteiger partial charge < -0.3 is 15.8 Å². The van der Waals surface area contributed by atoms with E-state index in [1.165, 1.54) is 0 Å². The molecule has 1 aromatic rings. The van der Waals surface area contributed by atoms with Gasteiger partial charge in [0, 0.05) is 27.7 Å². The van der Waals surface area contributed by atoms with Gasteiger partial charge in [0.05, 0.1) is 17.0 Å². The van der Waals surface area contributed by atoms with Crippen LogP contribution >= 0.6 is 15.9 Å². The van der Waals surface area contributed by atoms with Crippen molar-refractivity contribution in [3.05, 3.63) is 69.5 Å². The van der Waals surface area contributed by atoms with Crippen LogP contribution in [0.3, 0.4) is 0 Å². The maximum absolute atomic E-state index is 12.5. The Bertz CT molecular complexity index is 891. The minimum Gasteiger partial charge on any atom is -0.410 e. The van der Waals surface area contributed by atoms with Crippen molar-refractivity contribution in [3.63, 3.8) is 0 Å². The van der Waals surface area contributed by atoms with Gasteiger partial charge in [-0.15, -0.1) is 0 Å². The molecule has 2 heterocycles. The van der Waals surface area contributed by atoms with Crippen LogP contribution in [0, 0.1) is 0 Å². The quantitative estimate of drug-likeness (QED) is 0.373. The summed E-state index contributed by atoms with van der Waals surface area (Å²) in [6.45, 7) is 0. The molecule has 4 rings (SSSR count). The Morgan fingerprint density at radius 3 is 2.91 bits per heavy atom. The predicted molar refractivity (Wildman–Crippen MR) is 92.0 cm³/mol. The number of amides is 1. The molecule has 6 heteroatoms. The summed E-state index contributed by atoms with van der Waals surface area (Å²) in [5, 5.41) is 19.0. The van der Waals surface area contributed by atoms with Gasteiger partial charge in [-0.1, -0.05) is 51.5 Å². The van der Waals surface area contributed by atoms with Crippen molar-refractivity contribution in [2.45, 2.75) is 6.42 Å². The fourth-order valence-electron chi connectivity index (χ4n) is 2.99. The average molecular weight is 370 g/mol. The fraction of sp³-hybridized carbons (Fsp3) is 0.0588. The molecule has 5 nitrogen and oxygen atoms in total. The van der Waals surface area contributed by atoms with E-state index < -0.39 is 0 Å². The topological polar surface area (TPSA) is 73.7 Å². The van der Waals surface area contributed by atoms with Crippen LogP contribution in [-0.2, 0) is 4.79 Å². The summed E-state index contributed by atoms with van der Waals surface area (Å²) in [7, 11) is 0. The van der Waals surface area contributed by atoms with Crippen LogP contribution in [0.4, 0.5) is 5.69 Å². The fourth-order valence-corrected chi connectivity index (χ4v) is 3.35. The highest BCUT2D eigenvalue weighted by Gasteiger charge is 2.34. The van der Waals surface area contributed by atoms with Crippen LogP contribution < -0.4 is 10.6 Å². The molecule has 0 saturated heterocycles. The Hall–Kier alpha value is -2.60. The third-order valence-corrected chi connectivity index (χ3v) is 4.49. The van der Waals surface area contributed by atoms with E-state index in [1.54, 1.807) is 0 Å². The number of hydrogen-bond donors (Lipinski definition) is 3. The second-order valence-corrected chi connectivity index (χ2v) is 6.27. The minimum absolute atomic E-state index is 0.209. The molecule has 0 radical (unpaired) electrons. The highest BCUT2D eigenvalue weighted by molar-refractivity contribution is 9.10. The normalized spacial score (nSPS) is 23.7. The molecule has 3 N–H and O–H groups in total. The van der Waals surface area contributed by atoms with E-state index >= 15 is 0 Å². The summed E-state index contributed by atoms with van der Waals surface area (Å²) >= 11 is 3.40. The van der Waals surface area contributed by atoms with Crippen molar-refractivity contribution in [1.82, 2.24) is 5.32 Å². The molecule has 0 fully saturated rings. The molecule has 1 aliphatic carbocycles. The van der Waals surface area contributed by atoms with Gasteiger partial charge in [-0.2, -0.15) is 0 Å². The lowest BCUT2D eigenvalue weighted by molar-refractivity contribution is -0.110. The number of oxime groups is 1. The molecule has 1 aromatic carbocycles. The van der Waals surface area contributed by atoms with Gasteiger partial charge in [0.1, 0.15) is 5.71 Å². The minimum atomic E-state index is -0.209. The van der Waals surface area contributed by atoms with Gasteiger partial charge >= 0.3 is 0 Å². The molecule has 0 aromatic heterocycles.